The first-order valence-electron chi connectivity index (χ1n) is 6.29. The Labute approximate surface area is 122 Å². The highest BCUT2D eigenvalue weighted by Gasteiger charge is 2.15. The molecule has 4 heteroatoms. The molecule has 0 spiro atoms. The van der Waals surface area contributed by atoms with Gasteiger partial charge >= 0.3 is 0 Å². The molecule has 1 amide bonds. The molecule has 1 atom stereocenters. The van der Waals surface area contributed by atoms with E-state index in [4.69, 9.17) is 11.6 Å². The van der Waals surface area contributed by atoms with Gasteiger partial charge in [-0.05, 0) is 37.6 Å². The van der Waals surface area contributed by atoms with Gasteiger partial charge in [-0.1, -0.05) is 29.8 Å². The number of alkyl halides is 1. The molecule has 104 valence electrons. The van der Waals surface area contributed by atoms with E-state index in [9.17, 15) is 9.18 Å². The Balaban J connectivity index is 2.31. The minimum atomic E-state index is -0.537. The van der Waals surface area contributed by atoms with Crippen molar-refractivity contribution < 1.29 is 9.18 Å². The van der Waals surface area contributed by atoms with Gasteiger partial charge in [0.1, 0.15) is 5.82 Å². The molecule has 1 unspecified atom stereocenters. The fourth-order valence-electron chi connectivity index (χ4n) is 1.96. The smallest absolute Gasteiger partial charge is 0.258 e. The second kappa shape index (κ2) is 6.06. The van der Waals surface area contributed by atoms with E-state index in [0.29, 0.717) is 5.69 Å². The second-order valence-corrected chi connectivity index (χ2v) is 5.30. The predicted octanol–water partition coefficient (Wildman–Crippen LogP) is 4.69. The van der Waals surface area contributed by atoms with Crippen LogP contribution in [0.2, 0.25) is 0 Å². The molecule has 0 radical (unpaired) electrons. The Morgan fingerprint density at radius 3 is 2.65 bits per heavy atom. The van der Waals surface area contributed by atoms with Crippen molar-refractivity contribution in [3.05, 3.63) is 65.0 Å². The minimum absolute atomic E-state index is 0.0297. The van der Waals surface area contributed by atoms with Gasteiger partial charge in [0.15, 0.2) is 0 Å². The molecule has 0 saturated heterocycles. The molecule has 0 aliphatic heterocycles. The van der Waals surface area contributed by atoms with E-state index in [0.717, 1.165) is 11.1 Å². The van der Waals surface area contributed by atoms with E-state index in [1.165, 1.54) is 12.1 Å². The standard InChI is InChI=1S/C16H15ClFNO/c1-10-7-8-14(18)13(9-10)16(20)19-15-6-4-3-5-12(15)11(2)17/h3-9,11H,1-2H3,(H,19,20). The average molecular weight is 292 g/mol. The molecule has 0 bridgehead atoms. The van der Waals surface area contributed by atoms with Gasteiger partial charge in [-0.2, -0.15) is 0 Å². The normalized spacial score (nSPS) is 12.0. The largest absolute Gasteiger partial charge is 0.322 e. The molecule has 0 saturated carbocycles. The maximum atomic E-state index is 13.7. The lowest BCUT2D eigenvalue weighted by molar-refractivity contribution is 0.102. The number of anilines is 1. The Hall–Kier alpha value is -1.87. The number of hydrogen-bond donors (Lipinski definition) is 1. The van der Waals surface area contributed by atoms with E-state index in [2.05, 4.69) is 5.32 Å². The number of para-hydroxylation sites is 1. The van der Waals surface area contributed by atoms with Gasteiger partial charge in [-0.15, -0.1) is 11.6 Å². The van der Waals surface area contributed by atoms with Crippen LogP contribution in [0.5, 0.6) is 0 Å². The molecule has 0 aliphatic rings. The zero-order valence-electron chi connectivity index (χ0n) is 11.3. The molecule has 0 heterocycles. The summed E-state index contributed by atoms with van der Waals surface area (Å²) in [4.78, 5) is 12.2. The molecule has 2 rings (SSSR count). The van der Waals surface area contributed by atoms with Crippen molar-refractivity contribution >= 4 is 23.2 Å². The summed E-state index contributed by atoms with van der Waals surface area (Å²) in [6.07, 6.45) is 0. The third-order valence-electron chi connectivity index (χ3n) is 3.00. The van der Waals surface area contributed by atoms with E-state index in [1.807, 2.05) is 26.0 Å². The number of carbonyl (C=O) groups is 1. The Bertz CT molecular complexity index is 640. The Kier molecular flexibility index (Phi) is 4.40. The van der Waals surface area contributed by atoms with Gasteiger partial charge in [0, 0.05) is 5.69 Å². The van der Waals surface area contributed by atoms with Gasteiger partial charge < -0.3 is 5.32 Å². The summed E-state index contributed by atoms with van der Waals surface area (Å²) >= 11 is 6.07. The van der Waals surface area contributed by atoms with Crippen LogP contribution >= 0.6 is 11.6 Å². The molecular weight excluding hydrogens is 277 g/mol. The monoisotopic (exact) mass is 291 g/mol. The number of benzene rings is 2. The molecule has 2 aromatic carbocycles. The molecule has 1 N–H and O–H groups in total. The number of halogens is 2. The van der Waals surface area contributed by atoms with Crippen LogP contribution in [-0.4, -0.2) is 5.91 Å². The maximum absolute atomic E-state index is 13.7. The van der Waals surface area contributed by atoms with E-state index in [-0.39, 0.29) is 10.9 Å². The summed E-state index contributed by atoms with van der Waals surface area (Å²) in [5, 5.41) is 2.47. The van der Waals surface area contributed by atoms with Crippen molar-refractivity contribution in [2.45, 2.75) is 19.2 Å². The highest BCUT2D eigenvalue weighted by molar-refractivity contribution is 6.21. The first-order valence-corrected chi connectivity index (χ1v) is 6.73. The van der Waals surface area contributed by atoms with Gasteiger partial charge in [0.25, 0.3) is 5.91 Å². The van der Waals surface area contributed by atoms with Gasteiger partial charge in [-0.25, -0.2) is 4.39 Å². The van der Waals surface area contributed by atoms with Crippen LogP contribution in [0, 0.1) is 12.7 Å². The quantitative estimate of drug-likeness (QED) is 0.817. The van der Waals surface area contributed by atoms with Gasteiger partial charge in [0.05, 0.1) is 10.9 Å². The van der Waals surface area contributed by atoms with Crippen LogP contribution in [0.4, 0.5) is 10.1 Å². The molecule has 2 aromatic rings. The minimum Gasteiger partial charge on any atom is -0.322 e. The van der Waals surface area contributed by atoms with Crippen LogP contribution in [0.1, 0.15) is 33.8 Å². The molecule has 2 nitrogen and oxygen atoms in total. The Morgan fingerprint density at radius 1 is 1.25 bits per heavy atom. The van der Waals surface area contributed by atoms with Crippen LogP contribution in [0.25, 0.3) is 0 Å². The first-order chi connectivity index (χ1) is 9.49. The SMILES string of the molecule is Cc1ccc(F)c(C(=O)Nc2ccccc2C(C)Cl)c1. The lowest BCUT2D eigenvalue weighted by Crippen LogP contribution is -2.15. The summed E-state index contributed by atoms with van der Waals surface area (Å²) < 4.78 is 13.7. The molecular formula is C16H15ClFNO. The topological polar surface area (TPSA) is 29.1 Å². The fourth-order valence-corrected chi connectivity index (χ4v) is 2.15. The second-order valence-electron chi connectivity index (χ2n) is 4.64. The van der Waals surface area contributed by atoms with Crippen LogP contribution in [0.15, 0.2) is 42.5 Å². The summed E-state index contributed by atoms with van der Waals surface area (Å²) in [6, 6.07) is 11.7. The Morgan fingerprint density at radius 2 is 1.95 bits per heavy atom. The molecule has 0 aliphatic carbocycles. The number of hydrogen-bond acceptors (Lipinski definition) is 1. The van der Waals surface area contributed by atoms with Crippen molar-refractivity contribution in [1.82, 2.24) is 0 Å². The number of amides is 1. The van der Waals surface area contributed by atoms with E-state index >= 15 is 0 Å². The maximum Gasteiger partial charge on any atom is 0.258 e. The van der Waals surface area contributed by atoms with Crippen LogP contribution in [0.3, 0.4) is 0 Å². The summed E-state index contributed by atoms with van der Waals surface area (Å²) in [6.45, 7) is 3.63. The number of aryl methyl sites for hydroxylation is 1. The third kappa shape index (κ3) is 3.17. The van der Waals surface area contributed by atoms with E-state index < -0.39 is 11.7 Å². The highest BCUT2D eigenvalue weighted by atomic mass is 35.5. The number of carbonyl (C=O) groups excluding carboxylic acids is 1. The van der Waals surface area contributed by atoms with Crippen LogP contribution < -0.4 is 5.32 Å². The van der Waals surface area contributed by atoms with Crippen molar-refractivity contribution in [3.8, 4) is 0 Å². The van der Waals surface area contributed by atoms with Crippen LogP contribution in [-0.2, 0) is 0 Å². The van der Waals surface area contributed by atoms with Crippen molar-refractivity contribution in [2.24, 2.45) is 0 Å². The number of nitrogens with one attached hydrogen (secondary N) is 1. The van der Waals surface area contributed by atoms with Gasteiger partial charge in [0.2, 0.25) is 0 Å². The van der Waals surface area contributed by atoms with Crippen molar-refractivity contribution in [1.29, 1.82) is 0 Å². The average Bonchev–Trinajstić information content (AvgIpc) is 2.41. The molecule has 20 heavy (non-hydrogen) atoms. The lowest BCUT2D eigenvalue weighted by atomic mass is 10.1. The molecule has 0 fully saturated rings. The van der Waals surface area contributed by atoms with Gasteiger partial charge in [-0.3, -0.25) is 4.79 Å². The zero-order chi connectivity index (χ0) is 14.7. The lowest BCUT2D eigenvalue weighted by Gasteiger charge is -2.13. The van der Waals surface area contributed by atoms with Crippen molar-refractivity contribution in [3.63, 3.8) is 0 Å². The first kappa shape index (κ1) is 14.5. The predicted molar refractivity (Wildman–Crippen MR) is 79.8 cm³/mol. The van der Waals surface area contributed by atoms with E-state index in [1.54, 1.807) is 18.2 Å². The fraction of sp³-hybridized carbons (Fsp3) is 0.188. The zero-order valence-corrected chi connectivity index (χ0v) is 12.0. The summed E-state index contributed by atoms with van der Waals surface area (Å²) in [5.74, 6) is -1.01. The highest BCUT2D eigenvalue weighted by Crippen LogP contribution is 2.27. The summed E-state index contributed by atoms with van der Waals surface area (Å²) in [7, 11) is 0. The third-order valence-corrected chi connectivity index (χ3v) is 3.24. The van der Waals surface area contributed by atoms with Crippen molar-refractivity contribution in [2.75, 3.05) is 5.32 Å². The number of rotatable bonds is 3. The molecule has 0 aromatic heterocycles. The summed E-state index contributed by atoms with van der Waals surface area (Å²) in [5.41, 5.74) is 2.26.